The lowest BCUT2D eigenvalue weighted by Crippen LogP contribution is -2.62. The van der Waals surface area contributed by atoms with Crippen LogP contribution in [0.15, 0.2) is 35.2 Å². The van der Waals surface area contributed by atoms with Gasteiger partial charge in [0.1, 0.15) is 12.1 Å². The van der Waals surface area contributed by atoms with Gasteiger partial charge < -0.3 is 26.6 Å². The molecule has 5 N–H and O–H groups in total. The molecule has 3 saturated carbocycles. The first kappa shape index (κ1) is 31.3. The van der Waals surface area contributed by atoms with Crippen molar-refractivity contribution in [1.82, 2.24) is 20.9 Å². The number of amides is 5. The standard InChI is InChI=1S/C32H45N5O5S/c1-30(2,3)25(35-29(42)36-32(13-14-32)17-43-19-9-7-6-8-10-19)28(41)37-16-20-22(31(20,4)5)23(37)27(40)34-21(15-18-11-12-18)24(38)26(33)39/h6-10,18,20-23,25H,11-17H2,1-5H3,(H2,33,39)(H,34,40)(H2,35,36,42)/t20-,21?,22-,23-,25+/m0/s1. The van der Waals surface area contributed by atoms with Crippen molar-refractivity contribution < 1.29 is 24.0 Å². The normalized spacial score (nSPS) is 26.0. The summed E-state index contributed by atoms with van der Waals surface area (Å²) in [6.07, 6.45) is 3.98. The highest BCUT2D eigenvalue weighted by molar-refractivity contribution is 7.99. The molecule has 3 aliphatic carbocycles. The fourth-order valence-corrected chi connectivity index (χ4v) is 7.73. The molecule has 0 radical (unpaired) electrons. The van der Waals surface area contributed by atoms with Crippen LogP contribution in [-0.4, -0.2) is 70.4 Å². The van der Waals surface area contributed by atoms with Crippen molar-refractivity contribution in [1.29, 1.82) is 0 Å². The molecule has 10 nitrogen and oxygen atoms in total. The number of piperidine rings is 1. The molecule has 234 valence electrons. The van der Waals surface area contributed by atoms with Crippen molar-refractivity contribution in [2.75, 3.05) is 12.3 Å². The number of hydrogen-bond acceptors (Lipinski definition) is 6. The van der Waals surface area contributed by atoms with Crippen LogP contribution >= 0.6 is 11.8 Å². The molecule has 1 aromatic rings. The highest BCUT2D eigenvalue weighted by Gasteiger charge is 2.70. The van der Waals surface area contributed by atoms with Crippen LogP contribution in [0.1, 0.15) is 66.7 Å². The Morgan fingerprint density at radius 2 is 1.70 bits per heavy atom. The molecule has 1 saturated heterocycles. The van der Waals surface area contributed by atoms with Gasteiger partial charge in [-0.1, -0.05) is 65.7 Å². The van der Waals surface area contributed by atoms with Crippen molar-refractivity contribution in [2.45, 2.75) is 95.3 Å². The SMILES string of the molecule is CC(C)(C)[C@H](NC(=O)NC1(CSc2ccccc2)CC1)C(=O)N1C[C@H]2[C@@H]([C@H]1C(=O)NC(CC1CC1)C(=O)C(N)=O)C2(C)C. The first-order valence-electron chi connectivity index (χ1n) is 15.3. The Hall–Kier alpha value is -3.08. The van der Waals surface area contributed by atoms with Crippen LogP contribution in [0.25, 0.3) is 0 Å². The molecule has 4 fully saturated rings. The van der Waals surface area contributed by atoms with E-state index in [1.165, 1.54) is 0 Å². The van der Waals surface area contributed by atoms with E-state index in [1.54, 1.807) is 16.7 Å². The summed E-state index contributed by atoms with van der Waals surface area (Å²) in [6.45, 7) is 10.2. The number of nitrogens with one attached hydrogen (secondary N) is 3. The maximum absolute atomic E-state index is 14.2. The Kier molecular flexibility index (Phi) is 8.35. The van der Waals surface area contributed by atoms with Gasteiger partial charge in [-0.25, -0.2) is 4.79 Å². The van der Waals surface area contributed by atoms with Crippen LogP contribution in [0.2, 0.25) is 0 Å². The van der Waals surface area contributed by atoms with E-state index >= 15 is 0 Å². The highest BCUT2D eigenvalue weighted by Crippen LogP contribution is 2.65. The van der Waals surface area contributed by atoms with Gasteiger partial charge in [-0.15, -0.1) is 11.8 Å². The summed E-state index contributed by atoms with van der Waals surface area (Å²) < 4.78 is 0. The second kappa shape index (κ2) is 11.4. The number of nitrogens with two attached hydrogens (primary N) is 1. The predicted octanol–water partition coefficient (Wildman–Crippen LogP) is 2.85. The Labute approximate surface area is 258 Å². The van der Waals surface area contributed by atoms with Gasteiger partial charge in [0.15, 0.2) is 0 Å². The average Bonchev–Trinajstić information content (AvgIpc) is 3.90. The predicted molar refractivity (Wildman–Crippen MR) is 164 cm³/mol. The first-order chi connectivity index (χ1) is 20.1. The molecule has 0 bridgehead atoms. The van der Waals surface area contributed by atoms with Gasteiger partial charge in [0.05, 0.1) is 11.6 Å². The van der Waals surface area contributed by atoms with Crippen molar-refractivity contribution in [3.63, 3.8) is 0 Å². The summed E-state index contributed by atoms with van der Waals surface area (Å²) in [7, 11) is 0. The molecule has 0 spiro atoms. The van der Waals surface area contributed by atoms with Gasteiger partial charge in [-0.3, -0.25) is 19.2 Å². The lowest BCUT2D eigenvalue weighted by atomic mass is 9.85. The zero-order chi connectivity index (χ0) is 31.3. The zero-order valence-electron chi connectivity index (χ0n) is 25.8. The van der Waals surface area contributed by atoms with Gasteiger partial charge in [-0.2, -0.15) is 0 Å². The van der Waals surface area contributed by atoms with E-state index in [0.29, 0.717) is 13.0 Å². The van der Waals surface area contributed by atoms with E-state index < -0.39 is 47.2 Å². The third kappa shape index (κ3) is 6.86. The second-order valence-electron chi connectivity index (χ2n) is 14.6. The van der Waals surface area contributed by atoms with E-state index in [1.807, 2.05) is 51.1 Å². The minimum atomic E-state index is -1.08. The number of urea groups is 1. The summed E-state index contributed by atoms with van der Waals surface area (Å²) >= 11 is 1.69. The van der Waals surface area contributed by atoms with Crippen molar-refractivity contribution >= 4 is 41.3 Å². The number of benzene rings is 1. The molecule has 1 aliphatic heterocycles. The molecule has 11 heteroatoms. The Balaban J connectivity index is 1.28. The summed E-state index contributed by atoms with van der Waals surface area (Å²) in [5, 5.41) is 8.86. The maximum atomic E-state index is 14.2. The van der Waals surface area contributed by atoms with E-state index in [2.05, 4.69) is 29.8 Å². The molecule has 1 heterocycles. The topological polar surface area (TPSA) is 151 Å². The smallest absolute Gasteiger partial charge is 0.315 e. The van der Waals surface area contributed by atoms with Gasteiger partial charge in [0.2, 0.25) is 17.6 Å². The molecule has 5 amide bonds. The van der Waals surface area contributed by atoms with Crippen molar-refractivity contribution in [2.24, 2.45) is 34.3 Å². The number of thioether (sulfide) groups is 1. The van der Waals surface area contributed by atoms with Crippen LogP contribution < -0.4 is 21.7 Å². The van der Waals surface area contributed by atoms with Crippen LogP contribution in [-0.2, 0) is 19.2 Å². The van der Waals surface area contributed by atoms with Crippen LogP contribution in [0.4, 0.5) is 4.79 Å². The number of fused-ring (bicyclic) bond motifs is 1. The van der Waals surface area contributed by atoms with Crippen LogP contribution in [0.3, 0.4) is 0 Å². The number of Topliss-reactive ketones (excluding diaryl/α,β-unsaturated/α-hetero) is 1. The summed E-state index contributed by atoms with van der Waals surface area (Å²) in [4.78, 5) is 68.3. The van der Waals surface area contributed by atoms with E-state index in [-0.39, 0.29) is 34.6 Å². The Bertz CT molecular complexity index is 1290. The first-order valence-corrected chi connectivity index (χ1v) is 16.3. The van der Waals surface area contributed by atoms with Crippen molar-refractivity contribution in [3.05, 3.63) is 30.3 Å². The Morgan fingerprint density at radius 3 is 2.26 bits per heavy atom. The molecule has 5 atom stereocenters. The molecule has 1 aromatic carbocycles. The molecular formula is C32H45N5O5S. The number of likely N-dealkylation sites (tertiary alicyclic amines) is 1. The summed E-state index contributed by atoms with van der Waals surface area (Å²) in [5.41, 5.74) is 4.20. The molecule has 4 aliphatic rings. The molecule has 1 unspecified atom stereocenters. The lowest BCUT2D eigenvalue weighted by Gasteiger charge is -2.38. The number of nitrogens with zero attached hydrogens (tertiary/aromatic N) is 1. The molecule has 5 rings (SSSR count). The summed E-state index contributed by atoms with van der Waals surface area (Å²) in [6, 6.07) is 6.95. The number of primary amides is 1. The lowest BCUT2D eigenvalue weighted by molar-refractivity contribution is -0.145. The van der Waals surface area contributed by atoms with Crippen LogP contribution in [0.5, 0.6) is 0 Å². The quantitative estimate of drug-likeness (QED) is 0.211. The second-order valence-corrected chi connectivity index (χ2v) is 15.7. The highest BCUT2D eigenvalue weighted by atomic mass is 32.2. The van der Waals surface area contributed by atoms with Gasteiger partial charge in [-0.05, 0) is 60.0 Å². The monoisotopic (exact) mass is 611 g/mol. The van der Waals surface area contributed by atoms with E-state index in [0.717, 1.165) is 36.3 Å². The maximum Gasteiger partial charge on any atom is 0.315 e. The minimum absolute atomic E-state index is 0.0825. The fraction of sp³-hybridized carbons (Fsp3) is 0.656. The number of rotatable bonds is 12. The van der Waals surface area contributed by atoms with Crippen LogP contribution in [0, 0.1) is 28.6 Å². The fourth-order valence-electron chi connectivity index (χ4n) is 6.58. The minimum Gasteiger partial charge on any atom is -0.363 e. The van der Waals surface area contributed by atoms with Gasteiger partial charge in [0.25, 0.3) is 5.91 Å². The van der Waals surface area contributed by atoms with E-state index in [4.69, 9.17) is 5.73 Å². The molecular weight excluding hydrogens is 566 g/mol. The third-order valence-corrected chi connectivity index (χ3v) is 11.1. The van der Waals surface area contributed by atoms with E-state index in [9.17, 15) is 24.0 Å². The number of ketones is 1. The Morgan fingerprint density at radius 1 is 1.05 bits per heavy atom. The molecule has 0 aromatic heterocycles. The number of hydrogen-bond donors (Lipinski definition) is 4. The number of carbonyl (C=O) groups excluding carboxylic acids is 5. The number of carbonyl (C=O) groups is 5. The van der Waals surface area contributed by atoms with Gasteiger partial charge >= 0.3 is 6.03 Å². The van der Waals surface area contributed by atoms with Crippen molar-refractivity contribution in [3.8, 4) is 0 Å². The average molecular weight is 612 g/mol. The zero-order valence-corrected chi connectivity index (χ0v) is 26.6. The largest absolute Gasteiger partial charge is 0.363 e. The third-order valence-electron chi connectivity index (χ3n) is 9.78. The molecule has 43 heavy (non-hydrogen) atoms. The van der Waals surface area contributed by atoms with Gasteiger partial charge in [0, 0.05) is 17.2 Å². The summed E-state index contributed by atoms with van der Waals surface area (Å²) in [5.74, 6) is -1.61.